The van der Waals surface area contributed by atoms with Crippen molar-refractivity contribution in [3.63, 3.8) is 0 Å². The first-order valence-electron chi connectivity index (χ1n) is 1.96. The van der Waals surface area contributed by atoms with Gasteiger partial charge in [-0.25, -0.2) is 13.6 Å². The van der Waals surface area contributed by atoms with E-state index < -0.39 is 15.3 Å². The maximum atomic E-state index is 10.1. The summed E-state index contributed by atoms with van der Waals surface area (Å²) in [5.41, 5.74) is 0. The second kappa shape index (κ2) is 3.85. The first-order valence-corrected chi connectivity index (χ1v) is 3.57. The van der Waals surface area contributed by atoms with E-state index in [1.807, 2.05) is 0 Å². The Balaban J connectivity index is 0. The summed E-state index contributed by atoms with van der Waals surface area (Å²) in [6, 6.07) is 0. The van der Waals surface area contributed by atoms with E-state index in [9.17, 15) is 8.42 Å². The van der Waals surface area contributed by atoms with E-state index >= 15 is 0 Å². The first-order chi connectivity index (χ1) is 2.94. The number of rotatable bonds is 1. The molecule has 0 saturated carbocycles. The molecule has 0 bridgehead atoms. The molecule has 0 spiro atoms. The molecule has 5 heteroatoms. The van der Waals surface area contributed by atoms with Crippen molar-refractivity contribution in [1.29, 1.82) is 0 Å². The van der Waals surface area contributed by atoms with Gasteiger partial charge in [-0.15, -0.1) is 0 Å². The van der Waals surface area contributed by atoms with E-state index in [-0.39, 0.29) is 29.6 Å². The molecular weight excluding hydrogens is 137 g/mol. The zero-order chi connectivity index (χ0) is 6.08. The van der Waals surface area contributed by atoms with Crippen LogP contribution in [0.15, 0.2) is 0 Å². The molecule has 0 aromatic heterocycles. The summed E-state index contributed by atoms with van der Waals surface area (Å²) in [4.78, 5) is 0. The van der Waals surface area contributed by atoms with Gasteiger partial charge in [0.2, 0.25) is 10.0 Å². The second-order valence-electron chi connectivity index (χ2n) is 1.64. The Labute approximate surface area is 72.0 Å². The molecule has 0 rings (SSSR count). The summed E-state index contributed by atoms with van der Waals surface area (Å²) in [6.45, 7) is 3.07. The van der Waals surface area contributed by atoms with Gasteiger partial charge in [-0.05, 0) is 13.8 Å². The molecule has 0 aliphatic heterocycles. The predicted octanol–water partition coefficient (Wildman–Crippen LogP) is -3.31. The van der Waals surface area contributed by atoms with Gasteiger partial charge < -0.3 is 0 Å². The third-order valence-corrected chi connectivity index (χ3v) is 1.97. The number of hydrogen-bond donors (Lipinski definition) is 1. The topological polar surface area (TPSA) is 60.2 Å². The fraction of sp³-hybridized carbons (Fsp3) is 1.00. The van der Waals surface area contributed by atoms with Crippen molar-refractivity contribution in [3.8, 4) is 0 Å². The van der Waals surface area contributed by atoms with Crippen LogP contribution in [0.4, 0.5) is 0 Å². The minimum atomic E-state index is -3.24. The maximum Gasteiger partial charge on any atom is 1.00 e. The van der Waals surface area contributed by atoms with Gasteiger partial charge in [-0.2, -0.15) is 0 Å². The average molecular weight is 146 g/mol. The van der Waals surface area contributed by atoms with Crippen molar-refractivity contribution in [2.75, 3.05) is 0 Å². The zero-order valence-electron chi connectivity index (χ0n) is 5.38. The molecule has 8 heavy (non-hydrogen) atoms. The van der Waals surface area contributed by atoms with Gasteiger partial charge in [0, 0.05) is 0 Å². The Kier molecular flexibility index (Phi) is 5.61. The van der Waals surface area contributed by atoms with Crippen LogP contribution in [-0.4, -0.2) is 13.7 Å². The summed E-state index contributed by atoms with van der Waals surface area (Å²) >= 11 is 0. The van der Waals surface area contributed by atoms with Crippen LogP contribution >= 0.6 is 0 Å². The van der Waals surface area contributed by atoms with Crippen LogP contribution in [0.3, 0.4) is 0 Å². The van der Waals surface area contributed by atoms with Crippen molar-refractivity contribution in [2.24, 2.45) is 5.14 Å². The van der Waals surface area contributed by atoms with E-state index in [0.29, 0.717) is 0 Å². The van der Waals surface area contributed by atoms with E-state index in [0.717, 1.165) is 0 Å². The summed E-state index contributed by atoms with van der Waals surface area (Å²) in [6.07, 6.45) is 0. The van der Waals surface area contributed by atoms with Crippen molar-refractivity contribution in [1.82, 2.24) is 0 Å². The SMILES string of the molecule is CC(C)S(N)(=O)=O.[Na+]. The van der Waals surface area contributed by atoms with E-state index in [1.54, 1.807) is 0 Å². The van der Waals surface area contributed by atoms with Gasteiger partial charge in [0.15, 0.2) is 0 Å². The van der Waals surface area contributed by atoms with Crippen LogP contribution in [0.2, 0.25) is 0 Å². The summed E-state index contributed by atoms with van der Waals surface area (Å²) in [5.74, 6) is 0. The van der Waals surface area contributed by atoms with Crippen molar-refractivity contribution >= 4 is 10.0 Å². The quantitative estimate of drug-likeness (QED) is 0.394. The van der Waals surface area contributed by atoms with Crippen LogP contribution in [0.1, 0.15) is 13.8 Å². The number of nitrogens with two attached hydrogens (primary N) is 1. The number of hydrogen-bond acceptors (Lipinski definition) is 2. The molecular formula is C3H9NNaO2S+. The van der Waals surface area contributed by atoms with Gasteiger partial charge >= 0.3 is 29.6 Å². The summed E-state index contributed by atoms with van der Waals surface area (Å²) < 4.78 is 20.2. The van der Waals surface area contributed by atoms with Crippen LogP contribution < -0.4 is 34.7 Å². The molecule has 0 saturated heterocycles. The Morgan fingerprint density at radius 1 is 1.38 bits per heavy atom. The molecule has 0 amide bonds. The molecule has 0 radical (unpaired) electrons. The minimum Gasteiger partial charge on any atom is -0.229 e. The molecule has 0 aromatic carbocycles. The molecule has 0 unspecified atom stereocenters. The summed E-state index contributed by atoms with van der Waals surface area (Å²) in [5, 5.41) is 4.20. The normalized spacial score (nSPS) is 11.0. The molecule has 3 nitrogen and oxygen atoms in total. The molecule has 0 fully saturated rings. The third kappa shape index (κ3) is 5.05. The molecule has 0 heterocycles. The van der Waals surface area contributed by atoms with Crippen molar-refractivity contribution < 1.29 is 38.0 Å². The van der Waals surface area contributed by atoms with Gasteiger partial charge in [-0.1, -0.05) is 0 Å². The van der Waals surface area contributed by atoms with Gasteiger partial charge in [0.1, 0.15) is 0 Å². The van der Waals surface area contributed by atoms with Crippen molar-refractivity contribution in [2.45, 2.75) is 19.1 Å². The molecule has 44 valence electrons. The standard InChI is InChI=1S/C3H9NO2S.Na/c1-3(2)7(4,5)6;/h3H,1-2H3,(H2,4,5,6);/q;+1. The molecule has 0 aliphatic rings. The number of sulfonamides is 1. The Morgan fingerprint density at radius 3 is 1.50 bits per heavy atom. The molecule has 0 aliphatic carbocycles. The monoisotopic (exact) mass is 146 g/mol. The molecule has 2 N–H and O–H groups in total. The minimum absolute atomic E-state index is 0. The summed E-state index contributed by atoms with van der Waals surface area (Å²) in [7, 11) is -3.24. The van der Waals surface area contributed by atoms with Crippen LogP contribution in [0.5, 0.6) is 0 Å². The Morgan fingerprint density at radius 2 is 1.50 bits per heavy atom. The molecule has 0 aromatic rings. The van der Waals surface area contributed by atoms with Gasteiger partial charge in [0.05, 0.1) is 5.25 Å². The van der Waals surface area contributed by atoms with Crippen LogP contribution in [0.25, 0.3) is 0 Å². The first kappa shape index (κ1) is 11.7. The molecule has 0 atom stereocenters. The Bertz CT molecular complexity index is 139. The Hall–Kier alpha value is 0.910. The smallest absolute Gasteiger partial charge is 0.229 e. The predicted molar refractivity (Wildman–Crippen MR) is 28.2 cm³/mol. The maximum absolute atomic E-state index is 10.1. The second-order valence-corrected chi connectivity index (χ2v) is 3.76. The van der Waals surface area contributed by atoms with Gasteiger partial charge in [0.25, 0.3) is 0 Å². The van der Waals surface area contributed by atoms with Crippen LogP contribution in [0, 0.1) is 0 Å². The van der Waals surface area contributed by atoms with E-state index in [4.69, 9.17) is 0 Å². The third-order valence-electron chi connectivity index (χ3n) is 0.657. The zero-order valence-corrected chi connectivity index (χ0v) is 8.20. The van der Waals surface area contributed by atoms with Gasteiger partial charge in [-0.3, -0.25) is 0 Å². The fourth-order valence-corrected chi connectivity index (χ4v) is 0. The average Bonchev–Trinajstić information content (AvgIpc) is 1.31. The number of primary sulfonamides is 1. The van der Waals surface area contributed by atoms with E-state index in [1.165, 1.54) is 13.8 Å². The largest absolute Gasteiger partial charge is 1.00 e. The van der Waals surface area contributed by atoms with Crippen molar-refractivity contribution in [3.05, 3.63) is 0 Å². The van der Waals surface area contributed by atoms with E-state index in [2.05, 4.69) is 5.14 Å². The fourth-order valence-electron chi connectivity index (χ4n) is 0. The van der Waals surface area contributed by atoms with Crippen LogP contribution in [-0.2, 0) is 10.0 Å².